The van der Waals surface area contributed by atoms with Gasteiger partial charge in [0.2, 0.25) is 15.9 Å². The molecule has 1 amide bonds. The van der Waals surface area contributed by atoms with Crippen LogP contribution in [0.25, 0.3) is 0 Å². The second kappa shape index (κ2) is 8.12. The fourth-order valence-electron chi connectivity index (χ4n) is 3.30. The van der Waals surface area contributed by atoms with Crippen molar-refractivity contribution < 1.29 is 13.2 Å². The van der Waals surface area contributed by atoms with E-state index in [-0.39, 0.29) is 16.7 Å². The number of nitrogens with zero attached hydrogens (tertiary/aromatic N) is 1. The van der Waals surface area contributed by atoms with Gasteiger partial charge >= 0.3 is 0 Å². The topological polar surface area (TPSA) is 66.5 Å². The number of amides is 1. The van der Waals surface area contributed by atoms with E-state index < -0.39 is 10.0 Å². The van der Waals surface area contributed by atoms with Crippen molar-refractivity contribution in [2.24, 2.45) is 5.92 Å². The summed E-state index contributed by atoms with van der Waals surface area (Å²) in [5.41, 5.74) is 2.99. The molecule has 0 bridgehead atoms. The minimum atomic E-state index is -3.52. The van der Waals surface area contributed by atoms with Crippen LogP contribution in [0.4, 0.5) is 5.69 Å². The van der Waals surface area contributed by atoms with Crippen LogP contribution in [0.5, 0.6) is 0 Å². The van der Waals surface area contributed by atoms with Gasteiger partial charge in [-0.25, -0.2) is 8.42 Å². The number of halogens is 1. The van der Waals surface area contributed by atoms with Gasteiger partial charge in [0.25, 0.3) is 0 Å². The molecule has 144 valence electrons. The first-order valence-corrected chi connectivity index (χ1v) is 11.1. The Morgan fingerprint density at radius 1 is 1.07 bits per heavy atom. The third kappa shape index (κ3) is 4.59. The molecule has 1 N–H and O–H groups in total. The number of carbonyl (C=O) groups excluding carboxylic acids is 1. The van der Waals surface area contributed by atoms with Crippen molar-refractivity contribution in [2.75, 3.05) is 18.4 Å². The molecule has 1 aliphatic heterocycles. The van der Waals surface area contributed by atoms with Crippen molar-refractivity contribution in [3.63, 3.8) is 0 Å². The van der Waals surface area contributed by atoms with E-state index in [0.717, 1.165) is 21.3 Å². The van der Waals surface area contributed by atoms with Gasteiger partial charge in [0.1, 0.15) is 0 Å². The number of aryl methyl sites for hydroxylation is 2. The molecular weight excluding hydrogens is 428 g/mol. The summed E-state index contributed by atoms with van der Waals surface area (Å²) in [4.78, 5) is 12.9. The predicted octanol–water partition coefficient (Wildman–Crippen LogP) is 4.11. The van der Waals surface area contributed by atoms with Gasteiger partial charge in [-0.2, -0.15) is 4.31 Å². The summed E-state index contributed by atoms with van der Waals surface area (Å²) in [7, 11) is -3.52. The van der Waals surface area contributed by atoms with Gasteiger partial charge in [0, 0.05) is 29.2 Å². The molecule has 0 spiro atoms. The molecule has 1 heterocycles. The summed E-state index contributed by atoms with van der Waals surface area (Å²) in [5, 5.41) is 2.99. The number of hydrogen-bond donors (Lipinski definition) is 1. The van der Waals surface area contributed by atoms with E-state index in [4.69, 9.17) is 0 Å². The van der Waals surface area contributed by atoms with Gasteiger partial charge in [-0.1, -0.05) is 33.6 Å². The molecule has 0 aliphatic carbocycles. The minimum Gasteiger partial charge on any atom is -0.326 e. The van der Waals surface area contributed by atoms with Gasteiger partial charge in [-0.05, 0) is 62.6 Å². The number of piperidine rings is 1. The Kier molecular flexibility index (Phi) is 6.03. The lowest BCUT2D eigenvalue weighted by atomic mass is 9.97. The zero-order chi connectivity index (χ0) is 19.6. The molecule has 7 heteroatoms. The maximum Gasteiger partial charge on any atom is 0.243 e. The van der Waals surface area contributed by atoms with Crippen molar-refractivity contribution >= 4 is 37.5 Å². The summed E-state index contributed by atoms with van der Waals surface area (Å²) in [6.45, 7) is 4.68. The van der Waals surface area contributed by atoms with Crippen LogP contribution in [0.3, 0.4) is 0 Å². The first kappa shape index (κ1) is 20.0. The third-order valence-electron chi connectivity index (χ3n) is 4.92. The van der Waals surface area contributed by atoms with Crippen molar-refractivity contribution in [3.05, 3.63) is 58.1 Å². The average molecular weight is 451 g/mol. The zero-order valence-corrected chi connectivity index (χ0v) is 17.8. The fourth-order valence-corrected chi connectivity index (χ4v) is 5.04. The van der Waals surface area contributed by atoms with Crippen molar-refractivity contribution in [2.45, 2.75) is 31.6 Å². The van der Waals surface area contributed by atoms with Crippen LogP contribution in [0.15, 0.2) is 51.8 Å². The Hall–Kier alpha value is -1.70. The summed E-state index contributed by atoms with van der Waals surface area (Å²) >= 11 is 3.32. The SMILES string of the molecule is Cc1ccc(NC(=O)C2CCN(S(=O)(=O)c3ccc(Br)cc3)CC2)c(C)c1. The van der Waals surface area contributed by atoms with Crippen LogP contribution in [0, 0.1) is 19.8 Å². The molecule has 1 saturated heterocycles. The Bertz CT molecular complexity index is 934. The zero-order valence-electron chi connectivity index (χ0n) is 15.4. The molecule has 27 heavy (non-hydrogen) atoms. The van der Waals surface area contributed by atoms with Crippen molar-refractivity contribution in [3.8, 4) is 0 Å². The Morgan fingerprint density at radius 3 is 2.30 bits per heavy atom. The highest BCUT2D eigenvalue weighted by atomic mass is 79.9. The third-order valence-corrected chi connectivity index (χ3v) is 7.36. The summed E-state index contributed by atoms with van der Waals surface area (Å²) in [6, 6.07) is 12.5. The Labute approximate surface area is 169 Å². The quantitative estimate of drug-likeness (QED) is 0.761. The minimum absolute atomic E-state index is 0.0392. The molecule has 2 aromatic rings. The monoisotopic (exact) mass is 450 g/mol. The molecule has 1 fully saturated rings. The first-order valence-electron chi connectivity index (χ1n) is 8.91. The number of sulfonamides is 1. The molecule has 0 atom stereocenters. The highest BCUT2D eigenvalue weighted by Gasteiger charge is 2.32. The first-order chi connectivity index (χ1) is 12.8. The second-order valence-corrected chi connectivity index (χ2v) is 9.79. The highest BCUT2D eigenvalue weighted by Crippen LogP contribution is 2.26. The maximum atomic E-state index is 12.8. The van der Waals surface area contributed by atoms with E-state index in [1.54, 1.807) is 24.3 Å². The molecule has 0 aromatic heterocycles. The van der Waals surface area contributed by atoms with E-state index >= 15 is 0 Å². The number of hydrogen-bond acceptors (Lipinski definition) is 3. The normalized spacial score (nSPS) is 16.3. The highest BCUT2D eigenvalue weighted by molar-refractivity contribution is 9.10. The molecular formula is C20H23BrN2O3S. The molecule has 3 rings (SSSR count). The molecule has 0 saturated carbocycles. The molecule has 2 aromatic carbocycles. The number of nitrogens with one attached hydrogen (secondary N) is 1. The number of rotatable bonds is 4. The van der Waals surface area contributed by atoms with Crippen LogP contribution >= 0.6 is 15.9 Å². The second-order valence-electron chi connectivity index (χ2n) is 6.94. The van der Waals surface area contributed by atoms with Gasteiger partial charge in [0.15, 0.2) is 0 Å². The summed E-state index contributed by atoms with van der Waals surface area (Å²) in [6.07, 6.45) is 1.04. The lowest BCUT2D eigenvalue weighted by Crippen LogP contribution is -2.41. The molecule has 0 radical (unpaired) electrons. The van der Waals surface area contributed by atoms with Gasteiger partial charge in [-0.15, -0.1) is 0 Å². The van der Waals surface area contributed by atoms with Gasteiger partial charge in [-0.3, -0.25) is 4.79 Å². The summed E-state index contributed by atoms with van der Waals surface area (Å²) in [5.74, 6) is -0.218. The number of anilines is 1. The molecule has 0 unspecified atom stereocenters. The van der Waals surface area contributed by atoms with Gasteiger partial charge in [0.05, 0.1) is 4.90 Å². The molecule has 1 aliphatic rings. The van der Waals surface area contributed by atoms with E-state index in [2.05, 4.69) is 21.2 Å². The van der Waals surface area contributed by atoms with Crippen LogP contribution in [0.2, 0.25) is 0 Å². The Balaban J connectivity index is 1.62. The van der Waals surface area contributed by atoms with Crippen LogP contribution in [-0.4, -0.2) is 31.7 Å². The summed E-state index contributed by atoms with van der Waals surface area (Å²) < 4.78 is 27.8. The number of carbonyl (C=O) groups is 1. The van der Waals surface area contributed by atoms with Crippen LogP contribution < -0.4 is 5.32 Å². The standard InChI is InChI=1S/C20H23BrN2O3S/c1-14-3-8-19(15(2)13-14)22-20(24)16-9-11-23(12-10-16)27(25,26)18-6-4-17(21)5-7-18/h3-8,13,16H,9-12H2,1-2H3,(H,22,24). The lowest BCUT2D eigenvalue weighted by Gasteiger charge is -2.30. The average Bonchev–Trinajstić information content (AvgIpc) is 2.64. The van der Waals surface area contributed by atoms with E-state index in [1.165, 1.54) is 4.31 Å². The fraction of sp³-hybridized carbons (Fsp3) is 0.350. The van der Waals surface area contributed by atoms with Crippen LogP contribution in [0.1, 0.15) is 24.0 Å². The van der Waals surface area contributed by atoms with Crippen molar-refractivity contribution in [1.29, 1.82) is 0 Å². The van der Waals surface area contributed by atoms with Crippen LogP contribution in [-0.2, 0) is 14.8 Å². The largest absolute Gasteiger partial charge is 0.326 e. The lowest BCUT2D eigenvalue weighted by molar-refractivity contribution is -0.120. The van der Waals surface area contributed by atoms with E-state index in [0.29, 0.717) is 25.9 Å². The Morgan fingerprint density at radius 2 is 1.70 bits per heavy atom. The van der Waals surface area contributed by atoms with Gasteiger partial charge < -0.3 is 5.32 Å². The van der Waals surface area contributed by atoms with E-state index in [1.807, 2.05) is 32.0 Å². The van der Waals surface area contributed by atoms with Crippen molar-refractivity contribution in [1.82, 2.24) is 4.31 Å². The number of benzene rings is 2. The predicted molar refractivity (Wildman–Crippen MR) is 110 cm³/mol. The maximum absolute atomic E-state index is 12.8. The molecule has 5 nitrogen and oxygen atoms in total. The van der Waals surface area contributed by atoms with E-state index in [9.17, 15) is 13.2 Å². The smallest absolute Gasteiger partial charge is 0.243 e.